The number of aryl methyl sites for hydroxylation is 1. The lowest BCUT2D eigenvalue weighted by molar-refractivity contribution is 0.628. The van der Waals surface area contributed by atoms with Crippen LogP contribution in [0.1, 0.15) is 37.3 Å². The van der Waals surface area contributed by atoms with Gasteiger partial charge in [0.25, 0.3) is 0 Å². The minimum atomic E-state index is -0.455. The standard InChI is InChI=1S/C24H22FN/c1-2-3-5-8-18-11-13-19(14-12-18)22-16-15-21(17-26)24(25)23(22)20-9-6-4-7-10-20/h4,6-7,9-16H,2-3,5,8H2,1H3. The Bertz CT molecular complexity index is 905. The normalized spacial score (nSPS) is 10.5. The van der Waals surface area contributed by atoms with Gasteiger partial charge < -0.3 is 0 Å². The van der Waals surface area contributed by atoms with Crippen LogP contribution >= 0.6 is 0 Å². The van der Waals surface area contributed by atoms with E-state index in [0.29, 0.717) is 5.56 Å². The Balaban J connectivity index is 2.02. The van der Waals surface area contributed by atoms with Gasteiger partial charge in [-0.25, -0.2) is 4.39 Å². The van der Waals surface area contributed by atoms with E-state index in [2.05, 4.69) is 31.2 Å². The van der Waals surface area contributed by atoms with Gasteiger partial charge in [0, 0.05) is 5.56 Å². The first-order valence-corrected chi connectivity index (χ1v) is 9.12. The Hall–Kier alpha value is -2.92. The number of hydrogen-bond donors (Lipinski definition) is 0. The lowest BCUT2D eigenvalue weighted by Crippen LogP contribution is -1.94. The van der Waals surface area contributed by atoms with Crippen molar-refractivity contribution in [2.75, 3.05) is 0 Å². The van der Waals surface area contributed by atoms with Crippen LogP contribution in [0.5, 0.6) is 0 Å². The van der Waals surface area contributed by atoms with Gasteiger partial charge in [-0.05, 0) is 41.2 Å². The molecule has 26 heavy (non-hydrogen) atoms. The average Bonchev–Trinajstić information content (AvgIpc) is 2.69. The number of nitrogens with zero attached hydrogens (tertiary/aromatic N) is 1. The first-order chi connectivity index (χ1) is 12.7. The fourth-order valence-electron chi connectivity index (χ4n) is 3.22. The summed E-state index contributed by atoms with van der Waals surface area (Å²) >= 11 is 0. The fourth-order valence-corrected chi connectivity index (χ4v) is 3.22. The molecule has 130 valence electrons. The maximum atomic E-state index is 15.0. The number of benzene rings is 3. The van der Waals surface area contributed by atoms with Crippen molar-refractivity contribution >= 4 is 0 Å². The van der Waals surface area contributed by atoms with E-state index < -0.39 is 5.82 Å². The largest absolute Gasteiger partial charge is 0.205 e. The Labute approximate surface area is 154 Å². The lowest BCUT2D eigenvalue weighted by atomic mass is 9.91. The molecule has 1 nitrogen and oxygen atoms in total. The molecular weight excluding hydrogens is 321 g/mol. The number of halogens is 1. The summed E-state index contributed by atoms with van der Waals surface area (Å²) in [5, 5.41) is 9.20. The number of nitriles is 1. The predicted octanol–water partition coefficient (Wildman–Crippen LogP) is 6.76. The van der Waals surface area contributed by atoms with Crippen LogP contribution in [0.2, 0.25) is 0 Å². The van der Waals surface area contributed by atoms with Crippen molar-refractivity contribution in [3.05, 3.63) is 83.7 Å². The molecule has 0 N–H and O–H groups in total. The molecule has 3 aromatic rings. The van der Waals surface area contributed by atoms with Gasteiger partial charge in [0.2, 0.25) is 0 Å². The van der Waals surface area contributed by atoms with Gasteiger partial charge in [0.1, 0.15) is 11.9 Å². The van der Waals surface area contributed by atoms with Crippen molar-refractivity contribution in [1.29, 1.82) is 5.26 Å². The highest BCUT2D eigenvalue weighted by atomic mass is 19.1. The average molecular weight is 343 g/mol. The summed E-state index contributed by atoms with van der Waals surface area (Å²) in [7, 11) is 0. The SMILES string of the molecule is CCCCCc1ccc(-c2ccc(C#N)c(F)c2-c2ccccc2)cc1. The van der Waals surface area contributed by atoms with E-state index in [-0.39, 0.29) is 5.56 Å². The number of hydrogen-bond acceptors (Lipinski definition) is 1. The molecule has 0 aliphatic rings. The molecule has 0 amide bonds. The van der Waals surface area contributed by atoms with E-state index in [4.69, 9.17) is 0 Å². The number of rotatable bonds is 6. The van der Waals surface area contributed by atoms with E-state index in [1.165, 1.54) is 24.8 Å². The molecule has 0 aliphatic carbocycles. The molecule has 0 atom stereocenters. The molecule has 0 bridgehead atoms. The van der Waals surface area contributed by atoms with Crippen LogP contribution in [-0.4, -0.2) is 0 Å². The van der Waals surface area contributed by atoms with Crippen LogP contribution in [0.3, 0.4) is 0 Å². The Morgan fingerprint density at radius 2 is 1.58 bits per heavy atom. The van der Waals surface area contributed by atoms with Crippen LogP contribution in [0.25, 0.3) is 22.3 Å². The molecule has 2 heteroatoms. The number of unbranched alkanes of at least 4 members (excludes halogenated alkanes) is 2. The summed E-state index contributed by atoms with van der Waals surface area (Å²) in [5.41, 5.74) is 4.42. The molecule has 0 spiro atoms. The van der Waals surface area contributed by atoms with Crippen molar-refractivity contribution in [1.82, 2.24) is 0 Å². The molecular formula is C24H22FN. The Kier molecular flexibility index (Phi) is 5.81. The third-order valence-electron chi connectivity index (χ3n) is 4.66. The molecule has 0 saturated heterocycles. The van der Waals surface area contributed by atoms with Gasteiger partial charge in [0.05, 0.1) is 5.56 Å². The summed E-state index contributed by atoms with van der Waals surface area (Å²) in [6, 6.07) is 23.1. The Morgan fingerprint density at radius 1 is 0.846 bits per heavy atom. The second-order valence-electron chi connectivity index (χ2n) is 6.48. The molecule has 0 aliphatic heterocycles. The maximum Gasteiger partial charge on any atom is 0.149 e. The first-order valence-electron chi connectivity index (χ1n) is 9.12. The van der Waals surface area contributed by atoms with Crippen molar-refractivity contribution in [2.45, 2.75) is 32.6 Å². The van der Waals surface area contributed by atoms with Gasteiger partial charge in [0.15, 0.2) is 0 Å². The topological polar surface area (TPSA) is 23.8 Å². The molecule has 3 rings (SSSR count). The molecule has 0 heterocycles. The van der Waals surface area contributed by atoms with Crippen LogP contribution in [-0.2, 0) is 6.42 Å². The highest BCUT2D eigenvalue weighted by Crippen LogP contribution is 2.35. The minimum Gasteiger partial charge on any atom is -0.205 e. The van der Waals surface area contributed by atoms with Gasteiger partial charge in [-0.3, -0.25) is 0 Å². The molecule has 0 fully saturated rings. The van der Waals surface area contributed by atoms with Crippen molar-refractivity contribution < 1.29 is 4.39 Å². The zero-order chi connectivity index (χ0) is 18.4. The van der Waals surface area contributed by atoms with Gasteiger partial charge in [-0.15, -0.1) is 0 Å². The summed E-state index contributed by atoms with van der Waals surface area (Å²) in [6.45, 7) is 2.20. The van der Waals surface area contributed by atoms with Gasteiger partial charge >= 0.3 is 0 Å². The van der Waals surface area contributed by atoms with Crippen molar-refractivity contribution in [2.24, 2.45) is 0 Å². The van der Waals surface area contributed by atoms with E-state index in [0.717, 1.165) is 23.1 Å². The Morgan fingerprint density at radius 3 is 2.23 bits per heavy atom. The smallest absolute Gasteiger partial charge is 0.149 e. The zero-order valence-electron chi connectivity index (χ0n) is 15.0. The van der Waals surface area contributed by atoms with E-state index in [9.17, 15) is 9.65 Å². The van der Waals surface area contributed by atoms with Crippen LogP contribution in [0.15, 0.2) is 66.7 Å². The summed E-state index contributed by atoms with van der Waals surface area (Å²) in [6.07, 6.45) is 4.71. The van der Waals surface area contributed by atoms with Gasteiger partial charge in [-0.1, -0.05) is 80.4 Å². The molecule has 0 unspecified atom stereocenters. The first kappa shape index (κ1) is 17.9. The highest BCUT2D eigenvalue weighted by Gasteiger charge is 2.16. The molecule has 0 saturated carbocycles. The van der Waals surface area contributed by atoms with Crippen LogP contribution < -0.4 is 0 Å². The summed E-state index contributed by atoms with van der Waals surface area (Å²) < 4.78 is 15.0. The van der Waals surface area contributed by atoms with E-state index >= 15 is 0 Å². The van der Waals surface area contributed by atoms with Crippen molar-refractivity contribution in [3.63, 3.8) is 0 Å². The van der Waals surface area contributed by atoms with E-state index in [1.807, 2.05) is 42.5 Å². The summed E-state index contributed by atoms with van der Waals surface area (Å²) in [4.78, 5) is 0. The monoisotopic (exact) mass is 343 g/mol. The lowest BCUT2D eigenvalue weighted by Gasteiger charge is -2.13. The molecule has 3 aromatic carbocycles. The fraction of sp³-hybridized carbons (Fsp3) is 0.208. The maximum absolute atomic E-state index is 15.0. The van der Waals surface area contributed by atoms with E-state index in [1.54, 1.807) is 6.07 Å². The van der Waals surface area contributed by atoms with Crippen LogP contribution in [0, 0.1) is 17.1 Å². The second-order valence-corrected chi connectivity index (χ2v) is 6.48. The van der Waals surface area contributed by atoms with Crippen LogP contribution in [0.4, 0.5) is 4.39 Å². The minimum absolute atomic E-state index is 0.0730. The quantitative estimate of drug-likeness (QED) is 0.453. The van der Waals surface area contributed by atoms with Crippen molar-refractivity contribution in [3.8, 4) is 28.3 Å². The van der Waals surface area contributed by atoms with Gasteiger partial charge in [-0.2, -0.15) is 5.26 Å². The zero-order valence-corrected chi connectivity index (χ0v) is 15.0. The predicted molar refractivity (Wildman–Crippen MR) is 105 cm³/mol. The molecule has 0 aromatic heterocycles. The third kappa shape index (κ3) is 3.83. The second kappa shape index (κ2) is 8.45. The molecule has 0 radical (unpaired) electrons. The summed E-state index contributed by atoms with van der Waals surface area (Å²) in [5.74, 6) is -0.455. The highest BCUT2D eigenvalue weighted by molar-refractivity contribution is 5.85. The third-order valence-corrected chi connectivity index (χ3v) is 4.66.